The molecule has 12 atom stereocenters. The van der Waals surface area contributed by atoms with E-state index < -0.39 is 126 Å². The normalized spacial score (nSPS) is 15.5. The minimum absolute atomic E-state index is 0.0355. The maximum atomic E-state index is 14.9. The highest BCUT2D eigenvalue weighted by atomic mass is 16.6. The van der Waals surface area contributed by atoms with Crippen LogP contribution >= 0.6 is 0 Å². The quantitative estimate of drug-likeness (QED) is 0.0207. The van der Waals surface area contributed by atoms with Crippen LogP contribution in [0, 0.1) is 29.6 Å². The molecule has 4 aromatic rings. The molecular formula is C89H143N15O21. The lowest BCUT2D eigenvalue weighted by Gasteiger charge is -2.41. The second-order valence-corrected chi connectivity index (χ2v) is 32.6. The Hall–Kier alpha value is -9.47. The van der Waals surface area contributed by atoms with Gasteiger partial charge in [0.25, 0.3) is 0 Å². The van der Waals surface area contributed by atoms with Crippen molar-refractivity contribution < 1.29 is 101 Å². The lowest BCUT2D eigenvalue weighted by atomic mass is 9.89. The number of hydrogen-bond acceptors (Lipinski definition) is 22. The number of amides is 12. The van der Waals surface area contributed by atoms with Crippen LogP contribution < -0.4 is 53.7 Å². The van der Waals surface area contributed by atoms with Gasteiger partial charge in [-0.05, 0) is 111 Å². The molecule has 12 amide bonds. The molecule has 1 saturated heterocycles. The van der Waals surface area contributed by atoms with Gasteiger partial charge in [-0.1, -0.05) is 129 Å². The zero-order valence-electron chi connectivity index (χ0n) is 76.0. The Labute approximate surface area is 736 Å². The van der Waals surface area contributed by atoms with Gasteiger partial charge in [-0.25, -0.2) is 14.6 Å². The van der Waals surface area contributed by atoms with Crippen molar-refractivity contribution in [3.63, 3.8) is 0 Å². The Morgan fingerprint density at radius 3 is 1.78 bits per heavy atom. The predicted octanol–water partition coefficient (Wildman–Crippen LogP) is 4.88. The van der Waals surface area contributed by atoms with Gasteiger partial charge in [-0.15, -0.1) is 0 Å². The van der Waals surface area contributed by atoms with Crippen LogP contribution in [0.25, 0.3) is 10.9 Å². The molecule has 0 radical (unpaired) electrons. The maximum absolute atomic E-state index is 14.9. The van der Waals surface area contributed by atoms with Crippen molar-refractivity contribution in [2.24, 2.45) is 35.3 Å². The summed E-state index contributed by atoms with van der Waals surface area (Å²) in [6.45, 7) is 22.9. The van der Waals surface area contributed by atoms with Crippen molar-refractivity contribution in [3.05, 3.63) is 102 Å². The molecule has 2 heterocycles. The molecule has 13 N–H and O–H groups in total. The summed E-state index contributed by atoms with van der Waals surface area (Å²) in [5, 5.41) is 46.9. The van der Waals surface area contributed by atoms with Crippen molar-refractivity contribution in [3.8, 4) is 0 Å². The number of nitrogens with one attached hydrogen (secondary N) is 9. The molecule has 1 fully saturated rings. The average Bonchev–Trinajstić information content (AvgIpc) is 1.76. The van der Waals surface area contributed by atoms with Crippen LogP contribution in [0.15, 0.2) is 84.9 Å². The predicted molar refractivity (Wildman–Crippen MR) is 472 cm³/mol. The second kappa shape index (κ2) is 57.3. The second-order valence-electron chi connectivity index (χ2n) is 32.6. The summed E-state index contributed by atoms with van der Waals surface area (Å²) < 4.78 is 47.6. The van der Waals surface area contributed by atoms with Crippen LogP contribution in [-0.4, -0.2) is 302 Å². The number of ether oxygens (including phenoxy) is 8. The SMILES string of the molecule is CC[C@@H](C)[C@@H]([C@@H](CC(=O)N1CCC[C@H]1[C@H](OC)[C@@H](C)C(=O)N[C@H](C)[C@@H](O)c1ccccc1)OC)N(C)C(=O)[C@@H](NC(=O)[C@H](C(C)C)N(CCc1ccc(NC(=O)[C@H](CCCNC(N)=O)NC(=O)[C@@H](NC(=O)CCOCCOCCOCCOCCOCCOCCNC(=O)CNC(=O)CCn2c(CN(C)NC)cc3ccccc32)C(C)C)cc1)C(=O)O)C(C)C. The van der Waals surface area contributed by atoms with Crippen LogP contribution in [0.5, 0.6) is 0 Å². The molecule has 0 unspecified atom stereocenters. The summed E-state index contributed by atoms with van der Waals surface area (Å²) in [5.41, 5.74) is 12.2. The number of aryl methyl sites for hydroxylation is 1. The molecule has 125 heavy (non-hydrogen) atoms. The Morgan fingerprint density at radius 1 is 0.616 bits per heavy atom. The van der Waals surface area contributed by atoms with Crippen molar-refractivity contribution >= 4 is 81.9 Å². The standard InChI is InChI=1S/C89H143N15O21/c1-16-61(8)80(72(118-14)55-76(108)103-39-23-29-71(103)82(119-15)62(9)83(110)95-63(10)81(109)65-24-18-17-19-25-65)101(13)87(114)78(59(4)5)99-86(113)79(60(6)7)104(89(116)117)40-34-64-30-32-67(33-31-64)96-84(111)69(27-22-37-93-88(90)115)97-85(112)77(58(2)3)98-74(106)36-42-120-44-46-122-48-50-124-52-53-125-51-49-123-47-45-121-43-38-92-75(107)56-94-73(105)35-41-102-68(57-100(12)91-11)54-66-26-20-21-28-70(66)102/h17-21,24-26,28,30-33,54,58-63,69,71-72,77-82,91,109H,16,22-23,27,29,34-53,55-57H2,1-15H3,(H,92,107)(H,94,105)(H,95,110)(H,96,111)(H,97,112)(H,98,106)(H,99,113)(H,116,117)(H3,90,93,115)/t61-,62-,63-,69+,71+,72-,77+,78+,79+,80+,81-,82-/m1/s1. The van der Waals surface area contributed by atoms with E-state index in [9.17, 15) is 63.0 Å². The molecule has 1 aliphatic rings. The van der Waals surface area contributed by atoms with Crippen molar-refractivity contribution in [1.29, 1.82) is 0 Å². The number of fused-ring (bicyclic) bond motifs is 1. The first-order valence-corrected chi connectivity index (χ1v) is 43.7. The number of nitrogens with two attached hydrogens (primary N) is 1. The number of methoxy groups -OCH3 is 2. The van der Waals surface area contributed by atoms with Gasteiger partial charge in [0.1, 0.15) is 24.2 Å². The zero-order valence-corrected chi connectivity index (χ0v) is 76.0. The number of likely N-dealkylation sites (tertiary alicyclic amines) is 1. The van der Waals surface area contributed by atoms with E-state index in [1.165, 1.54) is 19.1 Å². The van der Waals surface area contributed by atoms with E-state index in [0.717, 1.165) is 21.5 Å². The molecule has 36 nitrogen and oxygen atoms in total. The molecule has 0 spiro atoms. The van der Waals surface area contributed by atoms with Crippen LogP contribution in [0.2, 0.25) is 0 Å². The number of aliphatic hydroxyl groups excluding tert-OH is 1. The van der Waals surface area contributed by atoms with Crippen LogP contribution in [-0.2, 0) is 101 Å². The Bertz CT molecular complexity index is 3940. The number of aliphatic hydroxyl groups is 1. The van der Waals surface area contributed by atoms with Crippen molar-refractivity contribution in [2.45, 2.75) is 201 Å². The third kappa shape index (κ3) is 36.4. The van der Waals surface area contributed by atoms with Gasteiger partial charge in [0.05, 0.1) is 141 Å². The van der Waals surface area contributed by atoms with Crippen LogP contribution in [0.3, 0.4) is 0 Å². The van der Waals surface area contributed by atoms with Crippen LogP contribution in [0.4, 0.5) is 15.3 Å². The fraction of sp³-hybridized carbons (Fsp3) is 0.652. The number of hydrazine groups is 1. The van der Waals surface area contributed by atoms with Gasteiger partial charge >= 0.3 is 12.1 Å². The molecule has 1 aliphatic heterocycles. The number of carbonyl (C=O) groups is 11. The minimum Gasteiger partial charge on any atom is -0.465 e. The van der Waals surface area contributed by atoms with E-state index in [1.54, 1.807) is 104 Å². The summed E-state index contributed by atoms with van der Waals surface area (Å²) in [4.78, 5) is 153. The smallest absolute Gasteiger partial charge is 0.407 e. The highest BCUT2D eigenvalue weighted by molar-refractivity contribution is 5.99. The summed E-state index contributed by atoms with van der Waals surface area (Å²) in [5.74, 6) is -6.34. The van der Waals surface area contributed by atoms with E-state index in [1.807, 2.05) is 75.4 Å². The topological polar surface area (TPSA) is 454 Å². The molecule has 700 valence electrons. The summed E-state index contributed by atoms with van der Waals surface area (Å²) >= 11 is 0. The lowest BCUT2D eigenvalue weighted by Crippen LogP contribution is -2.60. The van der Waals surface area contributed by atoms with Gasteiger partial charge in [-0.3, -0.25) is 53.5 Å². The van der Waals surface area contributed by atoms with E-state index in [4.69, 9.17) is 43.6 Å². The van der Waals surface area contributed by atoms with Crippen LogP contribution in [0.1, 0.15) is 144 Å². The summed E-state index contributed by atoms with van der Waals surface area (Å²) in [6.07, 6.45) is -1.53. The van der Waals surface area contributed by atoms with Crippen molar-refractivity contribution in [2.75, 3.05) is 153 Å². The van der Waals surface area contributed by atoms with Crippen molar-refractivity contribution in [1.82, 2.24) is 66.9 Å². The van der Waals surface area contributed by atoms with Gasteiger partial charge in [0.15, 0.2) is 0 Å². The molecular weight excluding hydrogens is 1620 g/mol. The molecule has 0 aliphatic carbocycles. The maximum Gasteiger partial charge on any atom is 0.407 e. The molecule has 3 aromatic carbocycles. The number of benzene rings is 3. The number of urea groups is 1. The number of para-hydroxylation sites is 1. The first kappa shape index (κ1) is 106. The fourth-order valence-electron chi connectivity index (χ4n) is 15.0. The number of likely N-dealkylation sites (N-methyl/N-ethyl adjacent to an activating group) is 1. The van der Waals surface area contributed by atoms with Gasteiger partial charge in [0, 0.05) is 90.8 Å². The Kier molecular flexibility index (Phi) is 48.6. The number of nitrogens with zero attached hydrogens (tertiary/aromatic N) is 5. The largest absolute Gasteiger partial charge is 0.465 e. The number of anilines is 1. The third-order valence-electron chi connectivity index (χ3n) is 22.3. The van der Waals surface area contributed by atoms with Gasteiger partial charge in [0.2, 0.25) is 53.2 Å². The van der Waals surface area contributed by atoms with E-state index in [2.05, 4.69) is 58.6 Å². The number of primary amides is 1. The number of carbonyl (C=O) groups excluding carboxylic acids is 10. The van der Waals surface area contributed by atoms with Gasteiger partial charge in [-0.2, -0.15) is 0 Å². The van der Waals surface area contributed by atoms with E-state index >= 15 is 0 Å². The number of rotatable bonds is 62. The molecule has 36 heteroatoms. The fourth-order valence-corrected chi connectivity index (χ4v) is 15.0. The first-order chi connectivity index (χ1) is 59.8. The highest BCUT2D eigenvalue weighted by Crippen LogP contribution is 2.31. The molecule has 5 rings (SSSR count). The number of hydrogen-bond donors (Lipinski definition) is 12. The average molecular weight is 1760 g/mol. The third-order valence-corrected chi connectivity index (χ3v) is 22.3. The minimum atomic E-state index is -1.37. The summed E-state index contributed by atoms with van der Waals surface area (Å²) in [7, 11) is 8.40. The van der Waals surface area contributed by atoms with E-state index in [0.29, 0.717) is 109 Å². The number of carboxylic acid groups (broad SMARTS) is 1. The Balaban J connectivity index is 0.997. The molecule has 1 aromatic heterocycles. The zero-order chi connectivity index (χ0) is 92.1. The summed E-state index contributed by atoms with van der Waals surface area (Å²) in [6, 6.07) is 18.7. The first-order valence-electron chi connectivity index (χ1n) is 43.7. The monoisotopic (exact) mass is 1760 g/mol. The lowest BCUT2D eigenvalue weighted by molar-refractivity contribution is -0.148. The molecule has 0 saturated carbocycles. The molecule has 0 bridgehead atoms. The highest BCUT2D eigenvalue weighted by Gasteiger charge is 2.44. The Morgan fingerprint density at radius 2 is 1.22 bits per heavy atom. The van der Waals surface area contributed by atoms with Gasteiger partial charge < -0.3 is 111 Å². The number of aromatic nitrogens is 1. The van der Waals surface area contributed by atoms with E-state index in [-0.39, 0.29) is 121 Å².